The molecule has 0 saturated heterocycles. The lowest BCUT2D eigenvalue weighted by molar-refractivity contribution is 0.474. The number of aromatic hydroxyl groups is 1. The number of phenolic OH excluding ortho intramolecular Hbond substituents is 1. The van der Waals surface area contributed by atoms with Gasteiger partial charge in [-0.15, -0.1) is 0 Å². The zero-order chi connectivity index (χ0) is 18.6. The van der Waals surface area contributed by atoms with Crippen LogP contribution in [0.4, 0.5) is 0 Å². The summed E-state index contributed by atoms with van der Waals surface area (Å²) >= 11 is -1.55. The molecule has 0 unspecified atom stereocenters. The second kappa shape index (κ2) is 7.84. The Balaban J connectivity index is 2.09. The lowest BCUT2D eigenvalue weighted by atomic mass is 9.90. The molecule has 132 valence electrons. The minimum Gasteiger partial charge on any atom is -0.506 e. The maximum Gasteiger partial charge on any atom is 0.186 e. The van der Waals surface area contributed by atoms with E-state index in [-0.39, 0.29) is 5.75 Å². The predicted molar refractivity (Wildman–Crippen MR) is 118 cm³/mol. The molecule has 0 heterocycles. The smallest absolute Gasteiger partial charge is 0.186 e. The van der Waals surface area contributed by atoms with Crippen molar-refractivity contribution in [3.8, 4) is 39.1 Å². The van der Waals surface area contributed by atoms with Gasteiger partial charge in [0.2, 0.25) is 0 Å². The average molecular weight is 464 g/mol. The Bertz CT molecular complexity index is 1080. The molecule has 3 heteroatoms. The molecule has 0 aromatic heterocycles. The summed E-state index contributed by atoms with van der Waals surface area (Å²) in [5.74, 6) is 0.115. The molecule has 4 aromatic carbocycles. The number of benzene rings is 4. The van der Waals surface area contributed by atoms with Crippen molar-refractivity contribution in [3.63, 3.8) is 0 Å². The lowest BCUT2D eigenvalue weighted by Crippen LogP contribution is -1.93. The van der Waals surface area contributed by atoms with E-state index in [0.29, 0.717) is 3.57 Å². The van der Waals surface area contributed by atoms with E-state index in [9.17, 15) is 8.18 Å². The zero-order valence-electron chi connectivity index (χ0n) is 14.5. The van der Waals surface area contributed by atoms with Crippen LogP contribution in [0.25, 0.3) is 33.4 Å². The Labute approximate surface area is 168 Å². The third-order valence-corrected chi connectivity index (χ3v) is 6.08. The van der Waals surface area contributed by atoms with E-state index in [1.807, 2.05) is 91.0 Å². The van der Waals surface area contributed by atoms with Crippen molar-refractivity contribution in [1.82, 2.24) is 0 Å². The van der Waals surface area contributed by atoms with Crippen molar-refractivity contribution >= 4 is 21.2 Å². The normalized spacial score (nSPS) is 10.7. The molecule has 0 spiro atoms. The molecule has 0 radical (unpaired) electrons. The van der Waals surface area contributed by atoms with Crippen LogP contribution in [0, 0.1) is 3.57 Å². The van der Waals surface area contributed by atoms with Gasteiger partial charge < -0.3 is 5.11 Å². The molecule has 0 aliphatic carbocycles. The van der Waals surface area contributed by atoms with Gasteiger partial charge in [0.25, 0.3) is 0 Å². The van der Waals surface area contributed by atoms with Crippen LogP contribution in [0.2, 0.25) is 0 Å². The predicted octanol–water partition coefficient (Wildman–Crippen LogP) is 6.88. The highest BCUT2D eigenvalue weighted by Gasteiger charge is 2.21. The van der Waals surface area contributed by atoms with Crippen LogP contribution in [-0.4, -0.2) is 5.11 Å². The second-order valence-electron chi connectivity index (χ2n) is 6.18. The van der Waals surface area contributed by atoms with Crippen LogP contribution in [0.3, 0.4) is 0 Å². The van der Waals surface area contributed by atoms with Gasteiger partial charge in [0.05, 0.1) is 3.57 Å². The fourth-order valence-corrected chi connectivity index (χ4v) is 4.48. The molecular formula is C24H17IO2. The van der Waals surface area contributed by atoms with Crippen LogP contribution in [0.15, 0.2) is 97.1 Å². The van der Waals surface area contributed by atoms with Crippen molar-refractivity contribution in [2.24, 2.45) is 0 Å². The first-order valence-electron chi connectivity index (χ1n) is 8.63. The number of hydrogen-bond donors (Lipinski definition) is 1. The highest BCUT2D eigenvalue weighted by molar-refractivity contribution is 14.1. The number of phenols is 1. The molecule has 0 amide bonds. The summed E-state index contributed by atoms with van der Waals surface area (Å²) in [4.78, 5) is 0. The molecule has 0 atom stereocenters. The Morgan fingerprint density at radius 2 is 1.04 bits per heavy atom. The van der Waals surface area contributed by atoms with Crippen LogP contribution in [0.5, 0.6) is 5.75 Å². The van der Waals surface area contributed by atoms with Gasteiger partial charge in [-0.05, 0) is 28.3 Å². The molecule has 27 heavy (non-hydrogen) atoms. The summed E-state index contributed by atoms with van der Waals surface area (Å²) in [6, 6.07) is 31.6. The average Bonchev–Trinajstić information content (AvgIpc) is 2.75. The summed E-state index contributed by atoms with van der Waals surface area (Å²) in [5, 5.41) is 11.2. The third-order valence-electron chi connectivity index (χ3n) is 4.55. The molecule has 0 saturated carbocycles. The van der Waals surface area contributed by atoms with Gasteiger partial charge in [-0.2, -0.15) is 0 Å². The molecule has 2 nitrogen and oxygen atoms in total. The first-order valence-corrected chi connectivity index (χ1v) is 10.6. The topological polar surface area (TPSA) is 37.3 Å². The molecule has 0 aliphatic heterocycles. The first-order chi connectivity index (χ1) is 13.3. The molecule has 1 N–H and O–H groups in total. The molecule has 0 aliphatic rings. The monoisotopic (exact) mass is 464 g/mol. The largest absolute Gasteiger partial charge is 0.506 e. The van der Waals surface area contributed by atoms with E-state index in [1.54, 1.807) is 0 Å². The second-order valence-corrected chi connectivity index (χ2v) is 7.70. The van der Waals surface area contributed by atoms with E-state index in [0.717, 1.165) is 33.4 Å². The van der Waals surface area contributed by atoms with Crippen molar-refractivity contribution in [2.45, 2.75) is 0 Å². The Morgan fingerprint density at radius 3 is 1.52 bits per heavy atom. The van der Waals surface area contributed by atoms with Crippen LogP contribution in [-0.2, 0) is 3.07 Å². The standard InChI is InChI=1S/C24H17IO2/c26-24-22(19-14-8-3-9-15-19)20(17-10-4-1-5-11-17)16-21(23(24)25-27)18-12-6-2-7-13-18/h1-16,26H. The Kier molecular flexibility index (Phi) is 5.12. The Hall–Kier alpha value is -2.79. The number of rotatable bonds is 4. The van der Waals surface area contributed by atoms with Crippen LogP contribution >= 0.6 is 21.2 Å². The molecule has 0 bridgehead atoms. The van der Waals surface area contributed by atoms with Crippen LogP contribution < -0.4 is 0 Å². The van der Waals surface area contributed by atoms with Crippen molar-refractivity contribution < 1.29 is 8.18 Å². The summed E-state index contributed by atoms with van der Waals surface area (Å²) in [5.41, 5.74) is 5.36. The minimum absolute atomic E-state index is 0.115. The molecule has 0 fully saturated rings. The molecular weight excluding hydrogens is 447 g/mol. The maximum atomic E-state index is 12.1. The van der Waals surface area contributed by atoms with Crippen LogP contribution in [0.1, 0.15) is 0 Å². The lowest BCUT2D eigenvalue weighted by Gasteiger charge is -2.17. The SMILES string of the molecule is O=Ic1c(-c2ccccc2)cc(-c2ccccc2)c(-c2ccccc2)c1O. The van der Waals surface area contributed by atoms with Gasteiger partial charge in [-0.3, -0.25) is 3.07 Å². The summed E-state index contributed by atoms with van der Waals surface area (Å²) in [6.07, 6.45) is 0. The zero-order valence-corrected chi connectivity index (χ0v) is 16.6. The van der Waals surface area contributed by atoms with Gasteiger partial charge >= 0.3 is 0 Å². The minimum atomic E-state index is -1.55. The maximum absolute atomic E-state index is 12.1. The fourth-order valence-electron chi connectivity index (χ4n) is 3.29. The molecule has 4 rings (SSSR count). The van der Waals surface area contributed by atoms with Gasteiger partial charge in [0, 0.05) is 11.1 Å². The fraction of sp³-hybridized carbons (Fsp3) is 0. The summed E-state index contributed by atoms with van der Waals surface area (Å²) < 4.78 is 12.7. The summed E-state index contributed by atoms with van der Waals surface area (Å²) in [6.45, 7) is 0. The van der Waals surface area contributed by atoms with E-state index in [4.69, 9.17) is 0 Å². The molecule has 4 aromatic rings. The van der Waals surface area contributed by atoms with E-state index < -0.39 is 21.2 Å². The highest BCUT2D eigenvalue weighted by atomic mass is 127. The number of hydrogen-bond acceptors (Lipinski definition) is 2. The Morgan fingerprint density at radius 1 is 0.593 bits per heavy atom. The highest BCUT2D eigenvalue weighted by Crippen LogP contribution is 2.46. The summed E-state index contributed by atoms with van der Waals surface area (Å²) in [7, 11) is 0. The number of halogens is 1. The quantitative estimate of drug-likeness (QED) is 0.335. The van der Waals surface area contributed by atoms with Crippen molar-refractivity contribution in [1.29, 1.82) is 0 Å². The van der Waals surface area contributed by atoms with Crippen molar-refractivity contribution in [3.05, 3.63) is 101 Å². The van der Waals surface area contributed by atoms with E-state index in [1.165, 1.54) is 0 Å². The van der Waals surface area contributed by atoms with Gasteiger partial charge in [-0.25, -0.2) is 0 Å². The van der Waals surface area contributed by atoms with Gasteiger partial charge in [0.1, 0.15) is 5.75 Å². The third kappa shape index (κ3) is 3.43. The van der Waals surface area contributed by atoms with Gasteiger partial charge in [0.15, 0.2) is 21.2 Å². The van der Waals surface area contributed by atoms with E-state index >= 15 is 0 Å². The first kappa shape index (κ1) is 17.6. The van der Waals surface area contributed by atoms with E-state index in [2.05, 4.69) is 6.07 Å². The van der Waals surface area contributed by atoms with Gasteiger partial charge in [-0.1, -0.05) is 91.0 Å². The van der Waals surface area contributed by atoms with Crippen molar-refractivity contribution in [2.75, 3.05) is 0 Å².